The van der Waals surface area contributed by atoms with Crippen LogP contribution in [0.3, 0.4) is 0 Å². The van der Waals surface area contributed by atoms with Gasteiger partial charge in [-0.25, -0.2) is 0 Å². The second-order valence-electron chi connectivity index (χ2n) is 5.96. The molecule has 2 atom stereocenters. The summed E-state index contributed by atoms with van der Waals surface area (Å²) in [6.45, 7) is 0.710. The van der Waals surface area contributed by atoms with Crippen molar-refractivity contribution in [1.82, 2.24) is 10.2 Å². The molecule has 1 heterocycles. The quantitative estimate of drug-likeness (QED) is 0.784. The molecule has 2 fully saturated rings. The first kappa shape index (κ1) is 14.3. The molecular weight excluding hydrogens is 242 g/mol. The molecule has 2 amide bonds. The number of nitrogens with zero attached hydrogens (tertiary/aromatic N) is 1. The molecule has 0 spiro atoms. The highest BCUT2D eigenvalue weighted by molar-refractivity contribution is 5.90. The number of nitrogens with two attached hydrogens (primary N) is 1. The topological polar surface area (TPSA) is 75.4 Å². The number of rotatable bonds is 4. The van der Waals surface area contributed by atoms with Crippen molar-refractivity contribution in [3.8, 4) is 0 Å². The van der Waals surface area contributed by atoms with E-state index in [0.717, 1.165) is 6.42 Å². The first-order valence-electron chi connectivity index (χ1n) is 7.39. The van der Waals surface area contributed by atoms with Crippen LogP contribution in [-0.2, 0) is 9.59 Å². The number of carbonyl (C=O) groups excluding carboxylic acids is 2. The number of hydrogen-bond donors (Lipinski definition) is 2. The molecule has 2 unspecified atom stereocenters. The van der Waals surface area contributed by atoms with Crippen molar-refractivity contribution < 1.29 is 9.59 Å². The van der Waals surface area contributed by atoms with Crippen LogP contribution in [-0.4, -0.2) is 42.4 Å². The van der Waals surface area contributed by atoms with E-state index in [1.54, 1.807) is 11.9 Å². The van der Waals surface area contributed by atoms with Crippen LogP contribution >= 0.6 is 0 Å². The molecule has 0 radical (unpaired) electrons. The van der Waals surface area contributed by atoms with Crippen LogP contribution in [0, 0.1) is 5.92 Å². The summed E-state index contributed by atoms with van der Waals surface area (Å²) in [4.78, 5) is 25.4. The number of nitrogens with one attached hydrogen (secondary N) is 1. The summed E-state index contributed by atoms with van der Waals surface area (Å²) in [6, 6.07) is -0.836. The van der Waals surface area contributed by atoms with Gasteiger partial charge in [-0.05, 0) is 18.8 Å². The Hall–Kier alpha value is -1.10. The highest BCUT2D eigenvalue weighted by Crippen LogP contribution is 2.27. The van der Waals surface area contributed by atoms with Crippen LogP contribution in [0.25, 0.3) is 0 Å². The molecule has 1 aliphatic carbocycles. The minimum Gasteiger partial charge on any atom is -0.344 e. The van der Waals surface area contributed by atoms with Gasteiger partial charge in [0.1, 0.15) is 6.04 Å². The van der Waals surface area contributed by atoms with Crippen LogP contribution in [0.15, 0.2) is 0 Å². The van der Waals surface area contributed by atoms with E-state index < -0.39 is 6.04 Å². The standard InChI is InChI=1S/C14H25N3O2/c1-17-8-7-12(14(17)19)16-13(18)11(15)9-10-5-3-2-4-6-10/h10-12H,2-9,15H2,1H3,(H,16,18). The molecule has 1 saturated carbocycles. The third-order valence-electron chi connectivity index (χ3n) is 4.39. The zero-order valence-corrected chi connectivity index (χ0v) is 11.7. The Balaban J connectivity index is 1.77. The average molecular weight is 267 g/mol. The maximum absolute atomic E-state index is 12.0. The lowest BCUT2D eigenvalue weighted by Crippen LogP contribution is -2.48. The molecule has 0 aromatic rings. The first-order chi connectivity index (χ1) is 9.08. The third-order valence-corrected chi connectivity index (χ3v) is 4.39. The molecule has 0 bridgehead atoms. The lowest BCUT2D eigenvalue weighted by molar-refractivity contribution is -0.132. The summed E-state index contributed by atoms with van der Waals surface area (Å²) >= 11 is 0. The molecule has 0 aromatic carbocycles. The van der Waals surface area contributed by atoms with Crippen molar-refractivity contribution >= 4 is 11.8 Å². The normalized spacial score (nSPS) is 26.5. The number of likely N-dealkylation sites (tertiary alicyclic amines) is 1. The number of hydrogen-bond acceptors (Lipinski definition) is 3. The van der Waals surface area contributed by atoms with Gasteiger partial charge >= 0.3 is 0 Å². The fraction of sp³-hybridized carbons (Fsp3) is 0.857. The average Bonchev–Trinajstić information content (AvgIpc) is 2.72. The van der Waals surface area contributed by atoms with Crippen LogP contribution in [0.4, 0.5) is 0 Å². The fourth-order valence-electron chi connectivity index (χ4n) is 3.12. The van der Waals surface area contributed by atoms with Crippen LogP contribution in [0.1, 0.15) is 44.9 Å². The van der Waals surface area contributed by atoms with Gasteiger partial charge in [-0.1, -0.05) is 32.1 Å². The van der Waals surface area contributed by atoms with Gasteiger partial charge in [0, 0.05) is 13.6 Å². The zero-order chi connectivity index (χ0) is 13.8. The van der Waals surface area contributed by atoms with Crippen LogP contribution < -0.4 is 11.1 Å². The van der Waals surface area contributed by atoms with Gasteiger partial charge in [0.05, 0.1) is 6.04 Å². The minimum atomic E-state index is -0.471. The van der Waals surface area contributed by atoms with Crippen molar-refractivity contribution in [2.45, 2.75) is 57.0 Å². The van der Waals surface area contributed by atoms with Crippen molar-refractivity contribution in [2.75, 3.05) is 13.6 Å². The Morgan fingerprint density at radius 3 is 2.63 bits per heavy atom. The van der Waals surface area contributed by atoms with Gasteiger partial charge in [-0.2, -0.15) is 0 Å². The van der Waals surface area contributed by atoms with Gasteiger partial charge in [0.25, 0.3) is 0 Å². The second kappa shape index (κ2) is 6.37. The maximum Gasteiger partial charge on any atom is 0.244 e. The van der Waals surface area contributed by atoms with Crippen molar-refractivity contribution in [1.29, 1.82) is 0 Å². The van der Waals surface area contributed by atoms with E-state index in [9.17, 15) is 9.59 Å². The molecule has 0 aromatic heterocycles. The predicted octanol–water partition coefficient (Wildman–Crippen LogP) is 0.631. The summed E-state index contributed by atoms with van der Waals surface area (Å²) in [5, 5.41) is 2.79. The predicted molar refractivity (Wildman–Crippen MR) is 73.4 cm³/mol. The van der Waals surface area contributed by atoms with Gasteiger partial charge < -0.3 is 16.0 Å². The Kier molecular flexibility index (Phi) is 4.80. The summed E-state index contributed by atoms with van der Waals surface area (Å²) in [7, 11) is 1.76. The van der Waals surface area contributed by atoms with E-state index in [4.69, 9.17) is 5.73 Å². The van der Waals surface area contributed by atoms with Crippen molar-refractivity contribution in [3.05, 3.63) is 0 Å². The molecule has 108 valence electrons. The monoisotopic (exact) mass is 267 g/mol. The van der Waals surface area contributed by atoms with E-state index in [0.29, 0.717) is 18.9 Å². The van der Waals surface area contributed by atoms with Crippen molar-refractivity contribution in [2.24, 2.45) is 11.7 Å². The molecule has 3 N–H and O–H groups in total. The Morgan fingerprint density at radius 1 is 1.37 bits per heavy atom. The van der Waals surface area contributed by atoms with E-state index in [-0.39, 0.29) is 17.9 Å². The minimum absolute atomic E-state index is 0.00165. The van der Waals surface area contributed by atoms with Gasteiger partial charge in [-0.3, -0.25) is 9.59 Å². The van der Waals surface area contributed by atoms with Crippen molar-refractivity contribution in [3.63, 3.8) is 0 Å². The molecule has 5 nitrogen and oxygen atoms in total. The largest absolute Gasteiger partial charge is 0.344 e. The van der Waals surface area contributed by atoms with Crippen LogP contribution in [0.2, 0.25) is 0 Å². The number of carbonyl (C=O) groups is 2. The van der Waals surface area contributed by atoms with Gasteiger partial charge in [0.2, 0.25) is 11.8 Å². The summed E-state index contributed by atoms with van der Waals surface area (Å²) in [6.07, 6.45) is 7.63. The Morgan fingerprint density at radius 2 is 2.05 bits per heavy atom. The van der Waals surface area contributed by atoms with E-state index in [2.05, 4.69) is 5.32 Å². The zero-order valence-electron chi connectivity index (χ0n) is 11.7. The number of amides is 2. The molecule has 1 saturated heterocycles. The lowest BCUT2D eigenvalue weighted by atomic mass is 9.85. The summed E-state index contributed by atoms with van der Waals surface area (Å²) in [5.74, 6) is 0.411. The molecule has 2 aliphatic rings. The lowest BCUT2D eigenvalue weighted by Gasteiger charge is -2.24. The third kappa shape index (κ3) is 3.69. The SMILES string of the molecule is CN1CCC(NC(=O)C(N)CC2CCCCC2)C1=O. The molecule has 19 heavy (non-hydrogen) atoms. The molecule has 1 aliphatic heterocycles. The Labute approximate surface area is 114 Å². The molecular formula is C14H25N3O2. The summed E-state index contributed by atoms with van der Waals surface area (Å²) < 4.78 is 0. The second-order valence-corrected chi connectivity index (χ2v) is 5.96. The van der Waals surface area contributed by atoms with E-state index in [1.165, 1.54) is 32.1 Å². The fourth-order valence-corrected chi connectivity index (χ4v) is 3.12. The van der Waals surface area contributed by atoms with Gasteiger partial charge in [-0.15, -0.1) is 0 Å². The first-order valence-corrected chi connectivity index (χ1v) is 7.39. The molecule has 5 heteroatoms. The van der Waals surface area contributed by atoms with E-state index >= 15 is 0 Å². The van der Waals surface area contributed by atoms with E-state index in [1.807, 2.05) is 0 Å². The Bertz CT molecular complexity index is 340. The van der Waals surface area contributed by atoms with Crippen LogP contribution in [0.5, 0.6) is 0 Å². The molecule has 2 rings (SSSR count). The smallest absolute Gasteiger partial charge is 0.244 e. The van der Waals surface area contributed by atoms with Gasteiger partial charge in [0.15, 0.2) is 0 Å². The highest BCUT2D eigenvalue weighted by atomic mass is 16.2. The number of likely N-dealkylation sites (N-methyl/N-ethyl adjacent to an activating group) is 1. The maximum atomic E-state index is 12.0. The highest BCUT2D eigenvalue weighted by Gasteiger charge is 2.31. The summed E-state index contributed by atoms with van der Waals surface area (Å²) in [5.41, 5.74) is 5.97.